The molecule has 2 fully saturated rings. The van der Waals surface area contributed by atoms with Crippen molar-refractivity contribution in [3.63, 3.8) is 0 Å². The summed E-state index contributed by atoms with van der Waals surface area (Å²) in [4.78, 5) is 0. The van der Waals surface area contributed by atoms with Gasteiger partial charge in [0.25, 0.3) is 0 Å². The van der Waals surface area contributed by atoms with Gasteiger partial charge in [-0.1, -0.05) is 41.0 Å². The van der Waals surface area contributed by atoms with Crippen LogP contribution in [0.1, 0.15) is 66.7 Å². The summed E-state index contributed by atoms with van der Waals surface area (Å²) >= 11 is 0. The highest BCUT2D eigenvalue weighted by molar-refractivity contribution is 4.85. The van der Waals surface area contributed by atoms with Gasteiger partial charge in [0.15, 0.2) is 0 Å². The Labute approximate surface area is 85.1 Å². The van der Waals surface area contributed by atoms with Crippen LogP contribution in [0.25, 0.3) is 0 Å². The highest BCUT2D eigenvalue weighted by Crippen LogP contribution is 2.46. The van der Waals surface area contributed by atoms with E-state index in [4.69, 9.17) is 0 Å². The highest BCUT2D eigenvalue weighted by Gasteiger charge is 2.34. The van der Waals surface area contributed by atoms with E-state index in [1.165, 1.54) is 12.3 Å². The molecule has 0 radical (unpaired) electrons. The van der Waals surface area contributed by atoms with Crippen molar-refractivity contribution in [1.29, 1.82) is 0 Å². The summed E-state index contributed by atoms with van der Waals surface area (Å²) in [5.74, 6) is 3.38. The van der Waals surface area contributed by atoms with Gasteiger partial charge < -0.3 is 0 Å². The summed E-state index contributed by atoms with van der Waals surface area (Å²) < 4.78 is 0. The molecule has 0 heterocycles. The molecule has 0 amide bonds. The van der Waals surface area contributed by atoms with Crippen molar-refractivity contribution < 1.29 is 0 Å². The molecule has 0 aromatic heterocycles. The molecule has 0 bridgehead atoms. The maximum Gasteiger partial charge on any atom is -0.0383 e. The number of hydrogen-bond donors (Lipinski definition) is 0. The van der Waals surface area contributed by atoms with Crippen LogP contribution in [0.5, 0.6) is 0 Å². The van der Waals surface area contributed by atoms with Crippen LogP contribution in [0.3, 0.4) is 0 Å². The fraction of sp³-hybridized carbons (Fsp3) is 1.00. The SMILES string of the molecule is CC.CC.CC1CCC2CCC2C1. The Morgan fingerprint density at radius 3 is 1.46 bits per heavy atom. The molecule has 0 saturated heterocycles. The molecule has 0 heteroatoms. The van der Waals surface area contributed by atoms with E-state index in [1.54, 1.807) is 25.7 Å². The Morgan fingerprint density at radius 2 is 1.15 bits per heavy atom. The summed E-state index contributed by atoms with van der Waals surface area (Å²) in [5.41, 5.74) is 0. The van der Waals surface area contributed by atoms with Gasteiger partial charge in [-0.05, 0) is 43.4 Å². The topological polar surface area (TPSA) is 0 Å². The fourth-order valence-electron chi connectivity index (χ4n) is 2.46. The molecule has 0 nitrogen and oxygen atoms in total. The lowest BCUT2D eigenvalue weighted by Gasteiger charge is -2.43. The van der Waals surface area contributed by atoms with E-state index in [1.807, 2.05) is 27.7 Å². The molecule has 3 unspecified atom stereocenters. The minimum Gasteiger partial charge on any atom is -0.0683 e. The van der Waals surface area contributed by atoms with Crippen molar-refractivity contribution in [2.24, 2.45) is 17.8 Å². The molecule has 2 rings (SSSR count). The minimum absolute atomic E-state index is 1.05. The fourth-order valence-corrected chi connectivity index (χ4v) is 2.46. The van der Waals surface area contributed by atoms with Gasteiger partial charge in [0.1, 0.15) is 0 Å². The lowest BCUT2D eigenvalue weighted by atomic mass is 9.63. The summed E-state index contributed by atoms with van der Waals surface area (Å²) in [6.45, 7) is 10.4. The third-order valence-corrected chi connectivity index (χ3v) is 3.31. The second-order valence-corrected chi connectivity index (χ2v) is 4.02. The van der Waals surface area contributed by atoms with E-state index < -0.39 is 0 Å². The lowest BCUT2D eigenvalue weighted by molar-refractivity contribution is 0.0857. The molecule has 80 valence electrons. The summed E-state index contributed by atoms with van der Waals surface area (Å²) in [5, 5.41) is 0. The standard InChI is InChI=1S/C9H16.2C2H6/c1-7-2-3-8-4-5-9(8)6-7;2*1-2/h7-9H,2-6H2,1H3;2*1-2H3. The number of fused-ring (bicyclic) bond motifs is 1. The molecule has 2 aliphatic carbocycles. The van der Waals surface area contributed by atoms with Crippen molar-refractivity contribution >= 4 is 0 Å². The Morgan fingerprint density at radius 1 is 0.692 bits per heavy atom. The monoisotopic (exact) mass is 184 g/mol. The number of hydrogen-bond acceptors (Lipinski definition) is 0. The summed E-state index contributed by atoms with van der Waals surface area (Å²) in [7, 11) is 0. The second kappa shape index (κ2) is 7.41. The van der Waals surface area contributed by atoms with Gasteiger partial charge in [-0.3, -0.25) is 0 Å². The van der Waals surface area contributed by atoms with Gasteiger partial charge in [-0.2, -0.15) is 0 Å². The van der Waals surface area contributed by atoms with Crippen LogP contribution in [-0.2, 0) is 0 Å². The van der Waals surface area contributed by atoms with Crippen LogP contribution in [-0.4, -0.2) is 0 Å². The predicted molar refractivity (Wildman–Crippen MR) is 61.9 cm³/mol. The van der Waals surface area contributed by atoms with E-state index in [0.717, 1.165) is 11.8 Å². The van der Waals surface area contributed by atoms with Gasteiger partial charge in [-0.15, -0.1) is 0 Å². The van der Waals surface area contributed by atoms with Crippen molar-refractivity contribution in [1.82, 2.24) is 0 Å². The zero-order chi connectivity index (χ0) is 10.3. The van der Waals surface area contributed by atoms with Gasteiger partial charge in [0, 0.05) is 0 Å². The van der Waals surface area contributed by atoms with Gasteiger partial charge in [0.2, 0.25) is 0 Å². The zero-order valence-electron chi connectivity index (χ0n) is 10.3. The maximum atomic E-state index is 2.41. The molecular weight excluding hydrogens is 156 g/mol. The van der Waals surface area contributed by atoms with Crippen LogP contribution in [0.4, 0.5) is 0 Å². The van der Waals surface area contributed by atoms with Gasteiger partial charge in [0.05, 0.1) is 0 Å². The lowest BCUT2D eigenvalue weighted by Crippen LogP contribution is -2.31. The molecule has 0 N–H and O–H groups in total. The first-order valence-electron chi connectivity index (χ1n) is 6.36. The normalized spacial score (nSPS) is 35.3. The predicted octanol–water partition coefficient (Wildman–Crippen LogP) is 4.89. The Hall–Kier alpha value is 0. The van der Waals surface area contributed by atoms with Crippen LogP contribution in [0.2, 0.25) is 0 Å². The van der Waals surface area contributed by atoms with Gasteiger partial charge in [-0.25, -0.2) is 0 Å². The Bertz CT molecular complexity index is 107. The molecule has 2 aliphatic rings. The third-order valence-electron chi connectivity index (χ3n) is 3.31. The molecule has 0 spiro atoms. The molecule has 0 aliphatic heterocycles. The van der Waals surface area contributed by atoms with E-state index in [-0.39, 0.29) is 0 Å². The second-order valence-electron chi connectivity index (χ2n) is 4.02. The van der Waals surface area contributed by atoms with Gasteiger partial charge >= 0.3 is 0 Å². The van der Waals surface area contributed by atoms with Crippen LogP contribution in [0, 0.1) is 17.8 Å². The van der Waals surface area contributed by atoms with Crippen molar-refractivity contribution in [2.75, 3.05) is 0 Å². The molecule has 3 atom stereocenters. The summed E-state index contributed by atoms with van der Waals surface area (Å²) in [6.07, 6.45) is 7.71. The minimum atomic E-state index is 1.05. The first-order chi connectivity index (χ1) is 6.36. The highest BCUT2D eigenvalue weighted by atomic mass is 14.4. The Kier molecular flexibility index (Phi) is 7.41. The van der Waals surface area contributed by atoms with E-state index >= 15 is 0 Å². The zero-order valence-corrected chi connectivity index (χ0v) is 10.3. The quantitative estimate of drug-likeness (QED) is 0.503. The van der Waals surface area contributed by atoms with E-state index in [2.05, 4.69) is 6.92 Å². The van der Waals surface area contributed by atoms with Crippen LogP contribution in [0.15, 0.2) is 0 Å². The first-order valence-corrected chi connectivity index (χ1v) is 6.36. The molecular formula is C13H28. The maximum absolute atomic E-state index is 2.41. The van der Waals surface area contributed by atoms with Crippen molar-refractivity contribution in [2.45, 2.75) is 66.7 Å². The molecule has 0 aromatic carbocycles. The largest absolute Gasteiger partial charge is 0.0683 e. The molecule has 13 heavy (non-hydrogen) atoms. The number of rotatable bonds is 0. The van der Waals surface area contributed by atoms with Crippen LogP contribution < -0.4 is 0 Å². The average molecular weight is 184 g/mol. The average Bonchev–Trinajstić information content (AvgIpc) is 2.18. The Balaban J connectivity index is 0.000000322. The van der Waals surface area contributed by atoms with E-state index in [0.29, 0.717) is 0 Å². The third kappa shape index (κ3) is 3.70. The molecule has 0 aromatic rings. The van der Waals surface area contributed by atoms with Crippen molar-refractivity contribution in [3.05, 3.63) is 0 Å². The van der Waals surface area contributed by atoms with Crippen LogP contribution >= 0.6 is 0 Å². The first kappa shape index (κ1) is 13.0. The van der Waals surface area contributed by atoms with Crippen molar-refractivity contribution in [3.8, 4) is 0 Å². The molecule has 2 saturated carbocycles. The van der Waals surface area contributed by atoms with E-state index in [9.17, 15) is 0 Å². The summed E-state index contributed by atoms with van der Waals surface area (Å²) in [6, 6.07) is 0. The smallest absolute Gasteiger partial charge is 0.0383 e.